The fraction of sp³-hybridized carbons (Fsp3) is 0.696. The molecule has 1 unspecified atom stereocenters. The molecule has 1 aliphatic heterocycles. The highest BCUT2D eigenvalue weighted by Crippen LogP contribution is 2.49. The van der Waals surface area contributed by atoms with E-state index in [9.17, 15) is 13.2 Å². The lowest BCUT2D eigenvalue weighted by atomic mass is 9.68. The van der Waals surface area contributed by atoms with Gasteiger partial charge in [0.05, 0.1) is 4.90 Å². The number of rotatable bonds is 5. The van der Waals surface area contributed by atoms with Crippen LogP contribution in [0.4, 0.5) is 0 Å². The minimum atomic E-state index is -3.55. The molecule has 0 aromatic heterocycles. The highest BCUT2D eigenvalue weighted by molar-refractivity contribution is 7.89. The molecule has 6 heteroatoms. The summed E-state index contributed by atoms with van der Waals surface area (Å²) in [6, 6.07) is 3.92. The van der Waals surface area contributed by atoms with Crippen LogP contribution in [0.3, 0.4) is 0 Å². The molecule has 29 heavy (non-hydrogen) atoms. The van der Waals surface area contributed by atoms with Crippen LogP contribution in [0.5, 0.6) is 0 Å². The first kappa shape index (κ1) is 20.9. The van der Waals surface area contributed by atoms with E-state index >= 15 is 0 Å². The lowest BCUT2D eigenvalue weighted by Crippen LogP contribution is -2.40. The number of nitrogens with zero attached hydrogens (tertiary/aromatic N) is 1. The lowest BCUT2D eigenvalue weighted by molar-refractivity contribution is -0.122. The van der Waals surface area contributed by atoms with Crippen molar-refractivity contribution in [2.24, 2.45) is 17.3 Å². The zero-order valence-corrected chi connectivity index (χ0v) is 18.8. The average Bonchev–Trinajstić information content (AvgIpc) is 3.43. The maximum Gasteiger partial charge on any atom is 0.243 e. The van der Waals surface area contributed by atoms with Crippen LogP contribution in [0, 0.1) is 38.0 Å². The van der Waals surface area contributed by atoms with Crippen LogP contribution in [-0.4, -0.2) is 38.3 Å². The molecule has 4 rings (SSSR count). The van der Waals surface area contributed by atoms with E-state index in [0.29, 0.717) is 24.5 Å². The van der Waals surface area contributed by atoms with Gasteiger partial charge in [-0.05, 0) is 68.9 Å². The topological polar surface area (TPSA) is 66.5 Å². The Kier molecular flexibility index (Phi) is 5.53. The number of benzene rings is 1. The molecule has 5 nitrogen and oxygen atoms in total. The molecule has 2 saturated carbocycles. The third-order valence-corrected chi connectivity index (χ3v) is 9.42. The highest BCUT2D eigenvalue weighted by Gasteiger charge is 2.50. The molecular weight excluding hydrogens is 384 g/mol. The van der Waals surface area contributed by atoms with Gasteiger partial charge in [-0.2, -0.15) is 4.31 Å². The largest absolute Gasteiger partial charge is 0.356 e. The summed E-state index contributed by atoms with van der Waals surface area (Å²) in [4.78, 5) is 12.7. The Bertz CT molecular complexity index is 876. The second-order valence-corrected chi connectivity index (χ2v) is 11.5. The quantitative estimate of drug-likeness (QED) is 0.793. The van der Waals surface area contributed by atoms with E-state index in [1.807, 2.05) is 32.9 Å². The van der Waals surface area contributed by atoms with Crippen molar-refractivity contribution in [3.63, 3.8) is 0 Å². The Labute approximate surface area is 175 Å². The van der Waals surface area contributed by atoms with Gasteiger partial charge in [-0.1, -0.05) is 37.0 Å². The van der Waals surface area contributed by atoms with E-state index in [2.05, 4.69) is 5.32 Å². The molecule has 1 aromatic rings. The minimum absolute atomic E-state index is 0.00859. The fourth-order valence-corrected chi connectivity index (χ4v) is 7.68. The molecule has 1 aromatic carbocycles. The molecule has 3 fully saturated rings. The van der Waals surface area contributed by atoms with Crippen molar-refractivity contribution in [1.82, 2.24) is 9.62 Å². The molecule has 0 radical (unpaired) electrons. The molecule has 1 amide bonds. The smallest absolute Gasteiger partial charge is 0.243 e. The number of carbonyl (C=O) groups is 1. The Morgan fingerprint density at radius 2 is 1.72 bits per heavy atom. The molecule has 1 spiro atoms. The van der Waals surface area contributed by atoms with Gasteiger partial charge in [0.2, 0.25) is 15.9 Å². The van der Waals surface area contributed by atoms with Crippen molar-refractivity contribution in [1.29, 1.82) is 0 Å². The Morgan fingerprint density at radius 3 is 2.31 bits per heavy atom. The molecule has 3 aliphatic rings. The first-order chi connectivity index (χ1) is 13.7. The summed E-state index contributed by atoms with van der Waals surface area (Å²) in [5.41, 5.74) is 2.75. The van der Waals surface area contributed by atoms with Crippen molar-refractivity contribution in [3.05, 3.63) is 28.8 Å². The number of nitrogens with one attached hydrogen (secondary N) is 1. The average molecular weight is 419 g/mol. The molecule has 1 atom stereocenters. The van der Waals surface area contributed by atoms with Gasteiger partial charge in [-0.15, -0.1) is 0 Å². The van der Waals surface area contributed by atoms with E-state index in [1.165, 1.54) is 6.42 Å². The van der Waals surface area contributed by atoms with Crippen LogP contribution < -0.4 is 5.32 Å². The van der Waals surface area contributed by atoms with Gasteiger partial charge in [0, 0.05) is 25.6 Å². The zero-order chi connectivity index (χ0) is 20.8. The monoisotopic (exact) mass is 418 g/mol. The van der Waals surface area contributed by atoms with Gasteiger partial charge < -0.3 is 5.32 Å². The Morgan fingerprint density at radius 1 is 1.10 bits per heavy atom. The van der Waals surface area contributed by atoms with E-state index in [1.54, 1.807) is 4.31 Å². The second-order valence-electron chi connectivity index (χ2n) is 9.66. The van der Waals surface area contributed by atoms with Crippen LogP contribution in [0.2, 0.25) is 0 Å². The summed E-state index contributed by atoms with van der Waals surface area (Å²) in [5.74, 6) is 0.547. The predicted molar refractivity (Wildman–Crippen MR) is 114 cm³/mol. The summed E-state index contributed by atoms with van der Waals surface area (Å²) < 4.78 is 29.0. The third-order valence-electron chi connectivity index (χ3n) is 7.30. The first-order valence-electron chi connectivity index (χ1n) is 11.1. The third kappa shape index (κ3) is 3.98. The molecule has 1 saturated heterocycles. The van der Waals surface area contributed by atoms with Crippen molar-refractivity contribution in [2.45, 2.75) is 70.6 Å². The van der Waals surface area contributed by atoms with Crippen molar-refractivity contribution in [2.75, 3.05) is 19.6 Å². The number of sulfonamides is 1. The molecule has 1 N–H and O–H groups in total. The van der Waals surface area contributed by atoms with Gasteiger partial charge in [0.15, 0.2) is 0 Å². The number of amides is 1. The van der Waals surface area contributed by atoms with E-state index < -0.39 is 10.0 Å². The van der Waals surface area contributed by atoms with Gasteiger partial charge in [-0.3, -0.25) is 4.79 Å². The zero-order valence-electron chi connectivity index (χ0n) is 18.0. The van der Waals surface area contributed by atoms with Crippen LogP contribution in [0.25, 0.3) is 0 Å². The van der Waals surface area contributed by atoms with E-state index in [0.717, 1.165) is 55.2 Å². The number of hydrogen-bond acceptors (Lipinski definition) is 3. The van der Waals surface area contributed by atoms with Gasteiger partial charge in [0.25, 0.3) is 0 Å². The first-order valence-corrected chi connectivity index (χ1v) is 12.5. The summed E-state index contributed by atoms with van der Waals surface area (Å²) >= 11 is 0. The number of carbonyl (C=O) groups excluding carboxylic acids is 1. The standard InChI is InChI=1S/C23H34N2O3S/c1-16-11-17(2)21(18(3)12-16)29(27,28)25-14-20(13-24-22(26)19-7-8-19)23(15-25)9-5-4-6-10-23/h11-12,19-20H,4-10,13-15H2,1-3H3,(H,24,26). The molecular formula is C23H34N2O3S. The van der Waals surface area contributed by atoms with Crippen LogP contribution in [0.1, 0.15) is 61.6 Å². The van der Waals surface area contributed by atoms with E-state index in [-0.39, 0.29) is 23.2 Å². The van der Waals surface area contributed by atoms with E-state index in [4.69, 9.17) is 0 Å². The number of hydrogen-bond donors (Lipinski definition) is 1. The molecule has 2 aliphatic carbocycles. The van der Waals surface area contributed by atoms with Crippen LogP contribution >= 0.6 is 0 Å². The van der Waals surface area contributed by atoms with Crippen LogP contribution in [-0.2, 0) is 14.8 Å². The summed E-state index contributed by atoms with van der Waals surface area (Å²) in [7, 11) is -3.55. The molecule has 0 bridgehead atoms. The Balaban J connectivity index is 1.60. The van der Waals surface area contributed by atoms with Crippen molar-refractivity contribution < 1.29 is 13.2 Å². The number of aryl methyl sites for hydroxylation is 3. The van der Waals surface area contributed by atoms with Gasteiger partial charge in [-0.25, -0.2) is 8.42 Å². The van der Waals surface area contributed by atoms with Crippen molar-refractivity contribution >= 4 is 15.9 Å². The normalized spacial score (nSPS) is 24.7. The molecule has 160 valence electrons. The van der Waals surface area contributed by atoms with Crippen LogP contribution in [0.15, 0.2) is 17.0 Å². The van der Waals surface area contributed by atoms with Gasteiger partial charge >= 0.3 is 0 Å². The SMILES string of the molecule is Cc1cc(C)c(S(=O)(=O)N2CC(CNC(=O)C3CC3)C3(CCCCC3)C2)c(C)c1. The summed E-state index contributed by atoms with van der Waals surface area (Å²) in [5, 5.41) is 3.14. The maximum atomic E-state index is 13.7. The predicted octanol–water partition coefficient (Wildman–Crippen LogP) is 3.71. The highest BCUT2D eigenvalue weighted by atomic mass is 32.2. The maximum absolute atomic E-state index is 13.7. The molecule has 1 heterocycles. The van der Waals surface area contributed by atoms with Crippen molar-refractivity contribution in [3.8, 4) is 0 Å². The van der Waals surface area contributed by atoms with Gasteiger partial charge in [0.1, 0.15) is 0 Å². The lowest BCUT2D eigenvalue weighted by Gasteiger charge is -2.38. The summed E-state index contributed by atoms with van der Waals surface area (Å²) in [6.45, 7) is 7.50. The minimum Gasteiger partial charge on any atom is -0.356 e. The summed E-state index contributed by atoms with van der Waals surface area (Å²) in [6.07, 6.45) is 7.66. The second kappa shape index (κ2) is 7.69. The fourth-order valence-electron chi connectivity index (χ4n) is 5.69. The Hall–Kier alpha value is -1.40.